The third kappa shape index (κ3) is 1.75. The second-order valence-corrected chi connectivity index (χ2v) is 6.59. The minimum atomic E-state index is -0.999. The van der Waals surface area contributed by atoms with Gasteiger partial charge in [0.1, 0.15) is 17.3 Å². The molecule has 1 spiro atoms. The van der Waals surface area contributed by atoms with E-state index in [0.717, 1.165) is 43.9 Å². The largest absolute Gasteiger partial charge is 0.306 e. The first-order valence-corrected chi connectivity index (χ1v) is 7.74. The molecule has 2 aliphatic heterocycles. The van der Waals surface area contributed by atoms with Crippen LogP contribution in [0.15, 0.2) is 12.5 Å². The van der Waals surface area contributed by atoms with E-state index in [9.17, 15) is 4.21 Å². The zero-order valence-electron chi connectivity index (χ0n) is 10.8. The van der Waals surface area contributed by atoms with Crippen molar-refractivity contribution >= 4 is 16.7 Å². The average Bonchev–Trinajstić information content (AvgIpc) is 2.69. The molecular weight excluding hydrogens is 248 g/mol. The highest BCUT2D eigenvalue weighted by atomic mass is 32.2. The van der Waals surface area contributed by atoms with E-state index in [1.165, 1.54) is 0 Å². The van der Waals surface area contributed by atoms with Crippen LogP contribution in [0, 0.1) is 0 Å². The van der Waals surface area contributed by atoms with E-state index in [4.69, 9.17) is 0 Å². The Hall–Kier alpha value is -1.01. The Labute approximate surface area is 110 Å². The zero-order chi connectivity index (χ0) is 12.8. The Morgan fingerprint density at radius 1 is 1.39 bits per heavy atom. The topological polar surface area (TPSA) is 49.3 Å². The van der Waals surface area contributed by atoms with Gasteiger partial charge in [-0.25, -0.2) is 14.2 Å². The summed E-state index contributed by atoms with van der Waals surface area (Å²) < 4.78 is 13.8. The summed E-state index contributed by atoms with van der Waals surface area (Å²) in [5.41, 5.74) is 2.14. The van der Waals surface area contributed by atoms with Crippen LogP contribution in [0.1, 0.15) is 18.5 Å². The minimum Gasteiger partial charge on any atom is -0.306 e. The van der Waals surface area contributed by atoms with E-state index in [1.54, 1.807) is 18.8 Å². The Bertz CT molecular complexity index is 485. The van der Waals surface area contributed by atoms with Gasteiger partial charge in [-0.2, -0.15) is 0 Å². The Morgan fingerprint density at radius 2 is 2.11 bits per heavy atom. The van der Waals surface area contributed by atoms with Crippen LogP contribution in [0.4, 0.5) is 5.69 Å². The van der Waals surface area contributed by atoms with E-state index in [0.29, 0.717) is 0 Å². The number of fused-ring (bicyclic) bond motifs is 2. The fourth-order valence-corrected chi connectivity index (χ4v) is 3.86. The molecule has 2 aliphatic rings. The molecule has 5 nitrogen and oxygen atoms in total. The predicted octanol–water partition coefficient (Wildman–Crippen LogP) is 0.553. The SMILES string of the molecule is CN1CCC2(CC1)CN(S(C)=O)c1cncnc12. The molecule has 98 valence electrons. The van der Waals surface area contributed by atoms with Gasteiger partial charge in [-0.3, -0.25) is 4.31 Å². The van der Waals surface area contributed by atoms with Crippen LogP contribution in [0.25, 0.3) is 0 Å². The molecule has 3 rings (SSSR count). The van der Waals surface area contributed by atoms with Gasteiger partial charge in [0.25, 0.3) is 0 Å². The van der Waals surface area contributed by atoms with Crippen molar-refractivity contribution in [3.63, 3.8) is 0 Å². The first-order chi connectivity index (χ1) is 8.62. The number of hydrogen-bond acceptors (Lipinski definition) is 4. The standard InChI is InChI=1S/C12H18N4OS/c1-15-5-3-12(4-6-15)8-16(18(2)17)10-7-13-9-14-11(10)12/h7,9H,3-6,8H2,1-2H3. The number of likely N-dealkylation sites (tertiary alicyclic amines) is 1. The highest BCUT2D eigenvalue weighted by molar-refractivity contribution is 7.85. The third-order valence-electron chi connectivity index (χ3n) is 4.16. The predicted molar refractivity (Wildman–Crippen MR) is 71.9 cm³/mol. The van der Waals surface area contributed by atoms with Crippen LogP contribution in [-0.4, -0.2) is 52.0 Å². The molecule has 0 radical (unpaired) electrons. The minimum absolute atomic E-state index is 0.0798. The van der Waals surface area contributed by atoms with Crippen molar-refractivity contribution in [2.24, 2.45) is 0 Å². The van der Waals surface area contributed by atoms with Crippen LogP contribution in [0.3, 0.4) is 0 Å². The van der Waals surface area contributed by atoms with Crippen LogP contribution >= 0.6 is 0 Å². The maximum absolute atomic E-state index is 11.9. The molecule has 1 aromatic rings. The van der Waals surface area contributed by atoms with Gasteiger partial charge in [-0.15, -0.1) is 0 Å². The molecule has 0 aromatic carbocycles. The summed E-state index contributed by atoms with van der Waals surface area (Å²) in [7, 11) is 1.15. The first-order valence-electron chi connectivity index (χ1n) is 6.22. The maximum Gasteiger partial charge on any atom is 0.116 e. The van der Waals surface area contributed by atoms with E-state index >= 15 is 0 Å². The Morgan fingerprint density at radius 3 is 2.78 bits per heavy atom. The molecule has 1 fully saturated rings. The summed E-state index contributed by atoms with van der Waals surface area (Å²) in [5, 5.41) is 0. The lowest BCUT2D eigenvalue weighted by atomic mass is 9.77. The molecule has 0 aliphatic carbocycles. The average molecular weight is 266 g/mol. The van der Waals surface area contributed by atoms with Crippen molar-refractivity contribution in [2.75, 3.05) is 37.2 Å². The van der Waals surface area contributed by atoms with Crippen molar-refractivity contribution in [1.29, 1.82) is 0 Å². The number of piperidine rings is 1. The fraction of sp³-hybridized carbons (Fsp3) is 0.667. The summed E-state index contributed by atoms with van der Waals surface area (Å²) in [6, 6.07) is 0. The van der Waals surface area contributed by atoms with Gasteiger partial charge in [0.05, 0.1) is 17.6 Å². The van der Waals surface area contributed by atoms with Crippen molar-refractivity contribution in [2.45, 2.75) is 18.3 Å². The molecule has 18 heavy (non-hydrogen) atoms. The van der Waals surface area contributed by atoms with Gasteiger partial charge in [0.2, 0.25) is 0 Å². The van der Waals surface area contributed by atoms with Gasteiger partial charge >= 0.3 is 0 Å². The molecule has 1 saturated heterocycles. The lowest BCUT2D eigenvalue weighted by Gasteiger charge is -2.37. The van der Waals surface area contributed by atoms with E-state index < -0.39 is 11.0 Å². The summed E-state index contributed by atoms with van der Waals surface area (Å²) in [4.78, 5) is 10.9. The van der Waals surface area contributed by atoms with Crippen LogP contribution < -0.4 is 4.31 Å². The molecule has 0 bridgehead atoms. The molecular formula is C12H18N4OS. The van der Waals surface area contributed by atoms with Crippen molar-refractivity contribution in [3.8, 4) is 0 Å². The van der Waals surface area contributed by atoms with Crippen LogP contribution in [-0.2, 0) is 16.4 Å². The summed E-state index contributed by atoms with van der Waals surface area (Å²) >= 11 is 0. The van der Waals surface area contributed by atoms with E-state index in [1.807, 2.05) is 4.31 Å². The summed E-state index contributed by atoms with van der Waals surface area (Å²) in [5.74, 6) is 0. The normalized spacial score (nSPS) is 24.2. The smallest absolute Gasteiger partial charge is 0.116 e. The lowest BCUT2D eigenvalue weighted by Crippen LogP contribution is -2.44. The quantitative estimate of drug-likeness (QED) is 0.745. The highest BCUT2D eigenvalue weighted by Gasteiger charge is 2.46. The number of anilines is 1. The first kappa shape index (κ1) is 12.0. The molecule has 3 heterocycles. The number of aromatic nitrogens is 2. The van der Waals surface area contributed by atoms with Crippen LogP contribution in [0.2, 0.25) is 0 Å². The molecule has 1 unspecified atom stereocenters. The van der Waals surface area contributed by atoms with Gasteiger partial charge in [0.15, 0.2) is 0 Å². The lowest BCUT2D eigenvalue weighted by molar-refractivity contribution is 0.196. The molecule has 0 N–H and O–H groups in total. The second-order valence-electron chi connectivity index (χ2n) is 5.30. The second kappa shape index (κ2) is 4.28. The van der Waals surface area contributed by atoms with E-state index in [-0.39, 0.29) is 5.41 Å². The number of nitrogens with zero attached hydrogens (tertiary/aromatic N) is 4. The highest BCUT2D eigenvalue weighted by Crippen LogP contribution is 2.45. The molecule has 0 saturated carbocycles. The third-order valence-corrected chi connectivity index (χ3v) is 5.11. The Balaban J connectivity index is 2.02. The molecule has 1 aromatic heterocycles. The summed E-state index contributed by atoms with van der Waals surface area (Å²) in [6.07, 6.45) is 7.31. The maximum atomic E-state index is 11.9. The van der Waals surface area contributed by atoms with Gasteiger partial charge in [-0.05, 0) is 33.0 Å². The van der Waals surface area contributed by atoms with Crippen LogP contribution in [0.5, 0.6) is 0 Å². The van der Waals surface area contributed by atoms with E-state index in [2.05, 4.69) is 21.9 Å². The van der Waals surface area contributed by atoms with Crippen molar-refractivity contribution in [3.05, 3.63) is 18.2 Å². The number of rotatable bonds is 1. The van der Waals surface area contributed by atoms with Gasteiger partial charge < -0.3 is 4.90 Å². The monoisotopic (exact) mass is 266 g/mol. The fourth-order valence-electron chi connectivity index (χ4n) is 3.02. The summed E-state index contributed by atoms with van der Waals surface area (Å²) in [6.45, 7) is 2.97. The van der Waals surface area contributed by atoms with Crippen molar-refractivity contribution < 1.29 is 4.21 Å². The van der Waals surface area contributed by atoms with Gasteiger partial charge in [0, 0.05) is 18.2 Å². The molecule has 1 atom stereocenters. The number of hydrogen-bond donors (Lipinski definition) is 0. The zero-order valence-corrected chi connectivity index (χ0v) is 11.6. The molecule has 6 heteroatoms. The molecule has 0 amide bonds. The van der Waals surface area contributed by atoms with Crippen molar-refractivity contribution in [1.82, 2.24) is 14.9 Å². The Kier molecular flexibility index (Phi) is 2.86. The van der Waals surface area contributed by atoms with Gasteiger partial charge in [-0.1, -0.05) is 0 Å².